The van der Waals surface area contributed by atoms with Gasteiger partial charge in [-0.3, -0.25) is 0 Å². The SMILES string of the molecule is CCCCOCCn1cncc1C1(C)CCNCC1. The van der Waals surface area contributed by atoms with Gasteiger partial charge in [0, 0.05) is 30.5 Å². The third kappa shape index (κ3) is 3.80. The van der Waals surface area contributed by atoms with E-state index in [2.05, 4.69) is 28.7 Å². The predicted molar refractivity (Wildman–Crippen MR) is 77.4 cm³/mol. The van der Waals surface area contributed by atoms with Crippen LogP contribution in [0.25, 0.3) is 0 Å². The van der Waals surface area contributed by atoms with Crippen LogP contribution in [0, 0.1) is 0 Å². The van der Waals surface area contributed by atoms with E-state index in [-0.39, 0.29) is 5.41 Å². The first-order valence-corrected chi connectivity index (χ1v) is 7.55. The zero-order valence-corrected chi connectivity index (χ0v) is 12.3. The summed E-state index contributed by atoms with van der Waals surface area (Å²) in [4.78, 5) is 4.34. The van der Waals surface area contributed by atoms with Crippen molar-refractivity contribution in [3.63, 3.8) is 0 Å². The average Bonchev–Trinajstić information content (AvgIpc) is 2.89. The van der Waals surface area contributed by atoms with Crippen LogP contribution in [0.2, 0.25) is 0 Å². The molecule has 108 valence electrons. The molecule has 2 heterocycles. The molecule has 0 atom stereocenters. The summed E-state index contributed by atoms with van der Waals surface area (Å²) in [6.45, 7) is 9.35. The summed E-state index contributed by atoms with van der Waals surface area (Å²) in [6, 6.07) is 0. The van der Waals surface area contributed by atoms with E-state index in [1.54, 1.807) is 0 Å². The lowest BCUT2D eigenvalue weighted by atomic mass is 9.78. The van der Waals surface area contributed by atoms with E-state index >= 15 is 0 Å². The van der Waals surface area contributed by atoms with E-state index in [1.165, 1.54) is 25.0 Å². The number of piperidine rings is 1. The lowest BCUT2D eigenvalue weighted by Gasteiger charge is -2.34. The second-order valence-electron chi connectivity index (χ2n) is 5.75. The van der Waals surface area contributed by atoms with Crippen molar-refractivity contribution in [3.8, 4) is 0 Å². The van der Waals surface area contributed by atoms with Crippen molar-refractivity contribution in [1.82, 2.24) is 14.9 Å². The topological polar surface area (TPSA) is 39.1 Å². The molecule has 4 heteroatoms. The molecule has 0 aliphatic carbocycles. The van der Waals surface area contributed by atoms with Gasteiger partial charge in [0.1, 0.15) is 0 Å². The summed E-state index contributed by atoms with van der Waals surface area (Å²) in [5.41, 5.74) is 1.64. The summed E-state index contributed by atoms with van der Waals surface area (Å²) in [5.74, 6) is 0. The van der Waals surface area contributed by atoms with Crippen LogP contribution in [-0.4, -0.2) is 35.9 Å². The van der Waals surface area contributed by atoms with Crippen LogP contribution in [0.5, 0.6) is 0 Å². The fourth-order valence-electron chi connectivity index (χ4n) is 2.75. The highest BCUT2D eigenvalue weighted by molar-refractivity contribution is 5.15. The number of unbranched alkanes of at least 4 members (excludes halogenated alkanes) is 1. The summed E-state index contributed by atoms with van der Waals surface area (Å²) in [5, 5.41) is 3.43. The molecule has 0 aromatic carbocycles. The van der Waals surface area contributed by atoms with Gasteiger partial charge in [0.15, 0.2) is 0 Å². The Labute approximate surface area is 116 Å². The quantitative estimate of drug-likeness (QED) is 0.769. The Morgan fingerprint density at radius 2 is 2.16 bits per heavy atom. The molecule has 1 saturated heterocycles. The number of rotatable bonds is 7. The molecule has 1 aliphatic heterocycles. The lowest BCUT2D eigenvalue weighted by molar-refractivity contribution is 0.122. The van der Waals surface area contributed by atoms with Crippen molar-refractivity contribution in [3.05, 3.63) is 18.2 Å². The molecule has 4 nitrogen and oxygen atoms in total. The van der Waals surface area contributed by atoms with Gasteiger partial charge in [-0.05, 0) is 32.4 Å². The average molecular weight is 265 g/mol. The van der Waals surface area contributed by atoms with E-state index in [0.717, 1.165) is 39.3 Å². The Hall–Kier alpha value is -0.870. The fourth-order valence-corrected chi connectivity index (χ4v) is 2.75. The second-order valence-corrected chi connectivity index (χ2v) is 5.75. The molecule has 1 aliphatic rings. The van der Waals surface area contributed by atoms with Crippen LogP contribution in [0.1, 0.15) is 45.2 Å². The molecule has 1 N–H and O–H groups in total. The minimum Gasteiger partial charge on any atom is -0.380 e. The molecular formula is C15H27N3O. The highest BCUT2D eigenvalue weighted by Crippen LogP contribution is 2.32. The van der Waals surface area contributed by atoms with Crippen molar-refractivity contribution >= 4 is 0 Å². The van der Waals surface area contributed by atoms with Crippen LogP contribution >= 0.6 is 0 Å². The Morgan fingerprint density at radius 1 is 1.37 bits per heavy atom. The number of hydrogen-bond acceptors (Lipinski definition) is 3. The van der Waals surface area contributed by atoms with Gasteiger partial charge in [0.2, 0.25) is 0 Å². The smallest absolute Gasteiger partial charge is 0.0949 e. The zero-order valence-electron chi connectivity index (χ0n) is 12.3. The van der Waals surface area contributed by atoms with E-state index < -0.39 is 0 Å². The van der Waals surface area contributed by atoms with E-state index in [1.807, 2.05) is 12.5 Å². The Kier molecular flexibility index (Phi) is 5.40. The predicted octanol–water partition coefficient (Wildman–Crippen LogP) is 2.34. The van der Waals surface area contributed by atoms with Crippen molar-refractivity contribution < 1.29 is 4.74 Å². The van der Waals surface area contributed by atoms with Gasteiger partial charge < -0.3 is 14.6 Å². The number of nitrogens with zero attached hydrogens (tertiary/aromatic N) is 2. The maximum atomic E-state index is 5.66. The molecule has 19 heavy (non-hydrogen) atoms. The fraction of sp³-hybridized carbons (Fsp3) is 0.800. The van der Waals surface area contributed by atoms with Crippen molar-refractivity contribution in [1.29, 1.82) is 0 Å². The molecule has 0 radical (unpaired) electrons. The van der Waals surface area contributed by atoms with Gasteiger partial charge in [0.25, 0.3) is 0 Å². The van der Waals surface area contributed by atoms with E-state index in [4.69, 9.17) is 4.74 Å². The molecule has 0 spiro atoms. The molecule has 1 fully saturated rings. The first-order valence-electron chi connectivity index (χ1n) is 7.55. The van der Waals surface area contributed by atoms with Gasteiger partial charge >= 0.3 is 0 Å². The van der Waals surface area contributed by atoms with Gasteiger partial charge in [-0.2, -0.15) is 0 Å². The summed E-state index contributed by atoms with van der Waals surface area (Å²) in [7, 11) is 0. The summed E-state index contributed by atoms with van der Waals surface area (Å²) >= 11 is 0. The van der Waals surface area contributed by atoms with E-state index in [0.29, 0.717) is 0 Å². The Bertz CT molecular complexity index is 369. The number of imidazole rings is 1. The second kappa shape index (κ2) is 7.06. The van der Waals surface area contributed by atoms with Crippen molar-refractivity contribution in [2.24, 2.45) is 0 Å². The first-order chi connectivity index (χ1) is 9.26. The minimum atomic E-state index is 0.269. The largest absolute Gasteiger partial charge is 0.380 e. The molecular weight excluding hydrogens is 238 g/mol. The standard InChI is InChI=1S/C15H27N3O/c1-3-4-10-19-11-9-18-13-17-12-14(18)15(2)5-7-16-8-6-15/h12-13,16H,3-11H2,1-2H3. The van der Waals surface area contributed by atoms with Crippen molar-refractivity contribution in [2.75, 3.05) is 26.3 Å². The third-order valence-corrected chi connectivity index (χ3v) is 4.16. The maximum absolute atomic E-state index is 5.66. The third-order valence-electron chi connectivity index (χ3n) is 4.16. The number of nitrogens with one attached hydrogen (secondary N) is 1. The van der Waals surface area contributed by atoms with Crippen LogP contribution < -0.4 is 5.32 Å². The van der Waals surface area contributed by atoms with E-state index in [9.17, 15) is 0 Å². The van der Waals surface area contributed by atoms with Crippen LogP contribution in [0.15, 0.2) is 12.5 Å². The number of ether oxygens (including phenoxy) is 1. The number of aromatic nitrogens is 2. The Balaban J connectivity index is 1.89. The highest BCUT2D eigenvalue weighted by atomic mass is 16.5. The molecule has 2 rings (SSSR count). The van der Waals surface area contributed by atoms with Gasteiger partial charge in [-0.1, -0.05) is 20.3 Å². The monoisotopic (exact) mass is 265 g/mol. The Morgan fingerprint density at radius 3 is 2.89 bits per heavy atom. The molecule has 1 aromatic heterocycles. The minimum absolute atomic E-state index is 0.269. The lowest BCUT2D eigenvalue weighted by Crippen LogP contribution is -2.39. The zero-order chi connectivity index (χ0) is 13.6. The first kappa shape index (κ1) is 14.5. The van der Waals surface area contributed by atoms with Crippen LogP contribution in [-0.2, 0) is 16.7 Å². The van der Waals surface area contributed by atoms with Gasteiger partial charge in [-0.25, -0.2) is 4.98 Å². The van der Waals surface area contributed by atoms with Gasteiger partial charge in [-0.15, -0.1) is 0 Å². The number of hydrogen-bond donors (Lipinski definition) is 1. The van der Waals surface area contributed by atoms with Crippen LogP contribution in [0.3, 0.4) is 0 Å². The molecule has 0 bridgehead atoms. The normalized spacial score (nSPS) is 18.6. The highest BCUT2D eigenvalue weighted by Gasteiger charge is 2.31. The van der Waals surface area contributed by atoms with Crippen molar-refractivity contribution in [2.45, 2.75) is 51.5 Å². The van der Waals surface area contributed by atoms with Gasteiger partial charge in [0.05, 0.1) is 12.9 Å². The maximum Gasteiger partial charge on any atom is 0.0949 e. The molecule has 0 saturated carbocycles. The summed E-state index contributed by atoms with van der Waals surface area (Å²) in [6.07, 6.45) is 8.72. The molecule has 1 aromatic rings. The van der Waals surface area contributed by atoms with Crippen LogP contribution in [0.4, 0.5) is 0 Å². The molecule has 0 unspecified atom stereocenters. The molecule has 0 amide bonds. The summed E-state index contributed by atoms with van der Waals surface area (Å²) < 4.78 is 7.94.